The molecule has 1 heterocycles. The summed E-state index contributed by atoms with van der Waals surface area (Å²) in [6.07, 6.45) is 2.45. The van der Waals surface area contributed by atoms with Crippen molar-refractivity contribution in [1.29, 1.82) is 0 Å². The number of anilines is 1. The minimum absolute atomic E-state index is 0.206. The van der Waals surface area contributed by atoms with Gasteiger partial charge >= 0.3 is 0 Å². The van der Waals surface area contributed by atoms with Crippen molar-refractivity contribution in [3.63, 3.8) is 0 Å². The molecule has 0 saturated carbocycles. The Morgan fingerprint density at radius 2 is 2.00 bits per heavy atom. The number of hydrogen-bond acceptors (Lipinski definition) is 4. The Kier molecular flexibility index (Phi) is 3.40. The standard InChI is InChI=1S/C16H20N2O2/c1-20-12-5-4-11-8-15(17)16(19)14(13(11)9-12)10-18-6-2-3-7-18/h4-5,8-9,19H,2-3,6-7,10,17H2,1H3. The highest BCUT2D eigenvalue weighted by Gasteiger charge is 2.17. The summed E-state index contributed by atoms with van der Waals surface area (Å²) in [6, 6.07) is 7.69. The van der Waals surface area contributed by atoms with E-state index in [2.05, 4.69) is 4.90 Å². The molecule has 4 nitrogen and oxygen atoms in total. The molecule has 0 unspecified atom stereocenters. The van der Waals surface area contributed by atoms with Gasteiger partial charge in [-0.05, 0) is 54.9 Å². The van der Waals surface area contributed by atoms with Crippen LogP contribution in [0.2, 0.25) is 0 Å². The van der Waals surface area contributed by atoms with E-state index in [4.69, 9.17) is 10.5 Å². The van der Waals surface area contributed by atoms with Crippen LogP contribution in [0.15, 0.2) is 24.3 Å². The first-order valence-electron chi connectivity index (χ1n) is 6.99. The van der Waals surface area contributed by atoms with Gasteiger partial charge < -0.3 is 15.6 Å². The molecule has 0 amide bonds. The number of phenols is 1. The molecule has 106 valence electrons. The lowest BCUT2D eigenvalue weighted by molar-refractivity contribution is 0.326. The average Bonchev–Trinajstić information content (AvgIpc) is 2.96. The van der Waals surface area contributed by atoms with Gasteiger partial charge in [-0.25, -0.2) is 0 Å². The van der Waals surface area contributed by atoms with Crippen LogP contribution in [-0.2, 0) is 6.54 Å². The first-order chi connectivity index (χ1) is 9.69. The lowest BCUT2D eigenvalue weighted by Crippen LogP contribution is -2.18. The molecule has 20 heavy (non-hydrogen) atoms. The molecule has 3 N–H and O–H groups in total. The van der Waals surface area contributed by atoms with E-state index in [0.29, 0.717) is 5.69 Å². The molecule has 4 heteroatoms. The molecular weight excluding hydrogens is 252 g/mol. The Morgan fingerprint density at radius 3 is 2.70 bits per heavy atom. The molecule has 2 aromatic rings. The lowest BCUT2D eigenvalue weighted by atomic mass is 10.0. The number of ether oxygens (including phenoxy) is 1. The maximum atomic E-state index is 10.3. The Balaban J connectivity index is 2.12. The Labute approximate surface area is 118 Å². The van der Waals surface area contributed by atoms with Crippen LogP contribution in [0.5, 0.6) is 11.5 Å². The maximum Gasteiger partial charge on any atom is 0.143 e. The predicted octanol–water partition coefficient (Wildman–Crippen LogP) is 2.73. The van der Waals surface area contributed by atoms with Gasteiger partial charge in [0, 0.05) is 12.1 Å². The fourth-order valence-electron chi connectivity index (χ4n) is 2.91. The summed E-state index contributed by atoms with van der Waals surface area (Å²) in [6.45, 7) is 2.90. The van der Waals surface area contributed by atoms with E-state index >= 15 is 0 Å². The summed E-state index contributed by atoms with van der Waals surface area (Å²) >= 11 is 0. The van der Waals surface area contributed by atoms with Crippen LogP contribution >= 0.6 is 0 Å². The number of nitrogens with two attached hydrogens (primary N) is 1. The number of likely N-dealkylation sites (tertiary alicyclic amines) is 1. The van der Waals surface area contributed by atoms with Gasteiger partial charge in [0.2, 0.25) is 0 Å². The van der Waals surface area contributed by atoms with Crippen molar-refractivity contribution >= 4 is 16.5 Å². The molecule has 0 bridgehead atoms. The average molecular weight is 272 g/mol. The van der Waals surface area contributed by atoms with Crippen LogP contribution in [0.1, 0.15) is 18.4 Å². The van der Waals surface area contributed by atoms with Crippen molar-refractivity contribution in [3.8, 4) is 11.5 Å². The summed E-state index contributed by atoms with van der Waals surface area (Å²) in [5, 5.41) is 12.4. The van der Waals surface area contributed by atoms with Crippen LogP contribution in [0.4, 0.5) is 5.69 Å². The van der Waals surface area contributed by atoms with E-state index < -0.39 is 0 Å². The monoisotopic (exact) mass is 272 g/mol. The van der Waals surface area contributed by atoms with Crippen LogP contribution in [0.25, 0.3) is 10.8 Å². The molecule has 0 radical (unpaired) electrons. The van der Waals surface area contributed by atoms with Crippen molar-refractivity contribution < 1.29 is 9.84 Å². The number of nitrogens with zero attached hydrogens (tertiary/aromatic N) is 1. The third-order valence-corrected chi connectivity index (χ3v) is 4.04. The second-order valence-corrected chi connectivity index (χ2v) is 5.36. The lowest BCUT2D eigenvalue weighted by Gasteiger charge is -2.18. The summed E-state index contributed by atoms with van der Waals surface area (Å²) in [7, 11) is 1.65. The zero-order valence-corrected chi connectivity index (χ0v) is 11.7. The van der Waals surface area contributed by atoms with Gasteiger partial charge in [-0.2, -0.15) is 0 Å². The van der Waals surface area contributed by atoms with Crippen LogP contribution in [0, 0.1) is 0 Å². The number of methoxy groups -OCH3 is 1. The number of fused-ring (bicyclic) bond motifs is 1. The zero-order chi connectivity index (χ0) is 14.1. The maximum absolute atomic E-state index is 10.3. The van der Waals surface area contributed by atoms with Crippen LogP contribution < -0.4 is 10.5 Å². The fraction of sp³-hybridized carbons (Fsp3) is 0.375. The zero-order valence-electron chi connectivity index (χ0n) is 11.7. The number of rotatable bonds is 3. The normalized spacial score (nSPS) is 15.8. The van der Waals surface area contributed by atoms with Gasteiger partial charge in [-0.3, -0.25) is 4.90 Å². The van der Waals surface area contributed by atoms with Crippen LogP contribution in [-0.4, -0.2) is 30.2 Å². The van der Waals surface area contributed by atoms with E-state index in [1.807, 2.05) is 24.3 Å². The second-order valence-electron chi connectivity index (χ2n) is 5.36. The topological polar surface area (TPSA) is 58.7 Å². The molecule has 0 aromatic heterocycles. The van der Waals surface area contributed by atoms with E-state index in [9.17, 15) is 5.11 Å². The Hall–Kier alpha value is -1.94. The predicted molar refractivity (Wildman–Crippen MR) is 81.1 cm³/mol. The molecular formula is C16H20N2O2. The second kappa shape index (κ2) is 5.21. The Morgan fingerprint density at radius 1 is 1.25 bits per heavy atom. The summed E-state index contributed by atoms with van der Waals surface area (Å²) in [4.78, 5) is 2.35. The molecule has 1 aliphatic heterocycles. The highest BCUT2D eigenvalue weighted by atomic mass is 16.5. The molecule has 0 aliphatic carbocycles. The van der Waals surface area contributed by atoms with Crippen LogP contribution in [0.3, 0.4) is 0 Å². The quantitative estimate of drug-likeness (QED) is 0.666. The minimum Gasteiger partial charge on any atom is -0.505 e. The van der Waals surface area contributed by atoms with Gasteiger partial charge in [0.15, 0.2) is 0 Å². The summed E-state index contributed by atoms with van der Waals surface area (Å²) < 4.78 is 5.29. The summed E-state index contributed by atoms with van der Waals surface area (Å²) in [5.41, 5.74) is 7.28. The van der Waals surface area contributed by atoms with Crippen molar-refractivity contribution in [3.05, 3.63) is 29.8 Å². The molecule has 3 rings (SSSR count). The largest absolute Gasteiger partial charge is 0.505 e. The fourth-order valence-corrected chi connectivity index (χ4v) is 2.91. The number of phenolic OH excluding ortho intramolecular Hbond substituents is 1. The first kappa shape index (κ1) is 13.1. The van der Waals surface area contributed by atoms with Gasteiger partial charge in [0.25, 0.3) is 0 Å². The van der Waals surface area contributed by atoms with Crippen molar-refractivity contribution in [2.45, 2.75) is 19.4 Å². The van der Waals surface area contributed by atoms with Crippen molar-refractivity contribution in [2.75, 3.05) is 25.9 Å². The third kappa shape index (κ3) is 2.27. The minimum atomic E-state index is 0.206. The SMILES string of the molecule is COc1ccc2cc(N)c(O)c(CN3CCCC3)c2c1. The molecule has 1 fully saturated rings. The molecule has 1 saturated heterocycles. The van der Waals surface area contributed by atoms with Gasteiger partial charge in [-0.15, -0.1) is 0 Å². The number of hydrogen-bond donors (Lipinski definition) is 2. The Bertz CT molecular complexity index is 634. The number of nitrogen functional groups attached to an aromatic ring is 1. The van der Waals surface area contributed by atoms with Crippen molar-refractivity contribution in [1.82, 2.24) is 4.90 Å². The van der Waals surface area contributed by atoms with E-state index in [-0.39, 0.29) is 5.75 Å². The molecule has 0 atom stereocenters. The third-order valence-electron chi connectivity index (χ3n) is 4.04. The van der Waals surface area contributed by atoms with Gasteiger partial charge in [0.1, 0.15) is 11.5 Å². The van der Waals surface area contributed by atoms with Crippen molar-refractivity contribution in [2.24, 2.45) is 0 Å². The van der Waals surface area contributed by atoms with E-state index in [1.165, 1.54) is 12.8 Å². The first-order valence-corrected chi connectivity index (χ1v) is 6.99. The molecule has 1 aliphatic rings. The van der Waals surface area contributed by atoms with E-state index in [0.717, 1.165) is 41.7 Å². The number of aromatic hydroxyl groups is 1. The van der Waals surface area contributed by atoms with E-state index in [1.54, 1.807) is 7.11 Å². The highest BCUT2D eigenvalue weighted by molar-refractivity contribution is 5.92. The molecule has 0 spiro atoms. The smallest absolute Gasteiger partial charge is 0.143 e. The number of benzene rings is 2. The van der Waals surface area contributed by atoms with Gasteiger partial charge in [0.05, 0.1) is 12.8 Å². The molecule has 2 aromatic carbocycles. The summed E-state index contributed by atoms with van der Waals surface area (Å²) in [5.74, 6) is 1.00. The highest BCUT2D eigenvalue weighted by Crippen LogP contribution is 2.36. The van der Waals surface area contributed by atoms with Gasteiger partial charge in [-0.1, -0.05) is 6.07 Å².